The van der Waals surface area contributed by atoms with Crippen molar-refractivity contribution in [3.63, 3.8) is 0 Å². The van der Waals surface area contributed by atoms with Gasteiger partial charge in [0.15, 0.2) is 0 Å². The van der Waals surface area contributed by atoms with Gasteiger partial charge in [0.2, 0.25) is 0 Å². The molecule has 4 aromatic rings. The zero-order valence-corrected chi connectivity index (χ0v) is 15.8. The Labute approximate surface area is 166 Å². The van der Waals surface area contributed by atoms with Gasteiger partial charge in [0, 0.05) is 5.38 Å². The van der Waals surface area contributed by atoms with Crippen LogP contribution in [-0.2, 0) is 6.54 Å². The highest BCUT2D eigenvalue weighted by molar-refractivity contribution is 7.08. The fourth-order valence-electron chi connectivity index (χ4n) is 2.90. The van der Waals surface area contributed by atoms with E-state index >= 15 is 0 Å². The van der Waals surface area contributed by atoms with E-state index in [4.69, 9.17) is 0 Å². The molecule has 0 aliphatic carbocycles. The number of aromatic nitrogens is 3. The molecule has 0 bridgehead atoms. The molecule has 2 aromatic carbocycles. The summed E-state index contributed by atoms with van der Waals surface area (Å²) in [5, 5.41) is 18.1. The molecule has 0 fully saturated rings. The highest BCUT2D eigenvalue weighted by atomic mass is 32.1. The van der Waals surface area contributed by atoms with Crippen molar-refractivity contribution < 1.29 is 4.79 Å². The monoisotopic (exact) mass is 389 g/mol. The number of hydrogen-bond acceptors (Lipinski definition) is 4. The second kappa shape index (κ2) is 8.49. The third kappa shape index (κ3) is 4.27. The molecule has 7 heteroatoms. The van der Waals surface area contributed by atoms with E-state index in [0.717, 1.165) is 16.8 Å². The van der Waals surface area contributed by atoms with E-state index in [2.05, 4.69) is 20.9 Å². The molecule has 0 aliphatic heterocycles. The van der Waals surface area contributed by atoms with Crippen molar-refractivity contribution >= 4 is 17.4 Å². The minimum absolute atomic E-state index is 0.233. The first-order valence-electron chi connectivity index (χ1n) is 8.87. The molecule has 2 aromatic heterocycles. The topological polar surface area (TPSA) is 71.8 Å². The summed E-state index contributed by atoms with van der Waals surface area (Å²) in [5.74, 6) is 0. The Balaban J connectivity index is 1.42. The fourth-order valence-corrected chi connectivity index (χ4v) is 3.52. The van der Waals surface area contributed by atoms with Crippen molar-refractivity contribution in [2.45, 2.75) is 12.6 Å². The maximum absolute atomic E-state index is 12.5. The fraction of sp³-hybridized carbons (Fsp3) is 0.0952. The van der Waals surface area contributed by atoms with Crippen LogP contribution in [0.2, 0.25) is 0 Å². The van der Waals surface area contributed by atoms with Gasteiger partial charge in [-0.05, 0) is 22.6 Å². The molecule has 140 valence electrons. The van der Waals surface area contributed by atoms with E-state index in [1.54, 1.807) is 16.0 Å². The molecule has 0 radical (unpaired) electrons. The van der Waals surface area contributed by atoms with Crippen LogP contribution in [0.4, 0.5) is 4.79 Å². The third-order valence-electron chi connectivity index (χ3n) is 4.28. The normalized spacial score (nSPS) is 10.8. The number of benzene rings is 2. The smallest absolute Gasteiger partial charge is 0.315 e. The van der Waals surface area contributed by atoms with Gasteiger partial charge in [-0.15, -0.1) is 5.10 Å². The van der Waals surface area contributed by atoms with Gasteiger partial charge in [-0.3, -0.25) is 0 Å². The van der Waals surface area contributed by atoms with Gasteiger partial charge in [-0.2, -0.15) is 11.3 Å². The average molecular weight is 389 g/mol. The van der Waals surface area contributed by atoms with Gasteiger partial charge in [-0.25, -0.2) is 9.48 Å². The predicted molar refractivity (Wildman–Crippen MR) is 109 cm³/mol. The molecule has 0 atom stereocenters. The van der Waals surface area contributed by atoms with Crippen molar-refractivity contribution in [3.05, 3.63) is 101 Å². The number of carbonyl (C=O) groups is 1. The highest BCUT2D eigenvalue weighted by Crippen LogP contribution is 2.21. The number of thiophene rings is 1. The van der Waals surface area contributed by atoms with Crippen molar-refractivity contribution in [1.29, 1.82) is 0 Å². The summed E-state index contributed by atoms with van der Waals surface area (Å²) < 4.78 is 1.70. The molecule has 0 spiro atoms. The third-order valence-corrected chi connectivity index (χ3v) is 4.95. The lowest BCUT2D eigenvalue weighted by Crippen LogP contribution is -2.38. The summed E-state index contributed by atoms with van der Waals surface area (Å²) in [6.07, 6.45) is 1.81. The van der Waals surface area contributed by atoms with Gasteiger partial charge < -0.3 is 10.6 Å². The molecule has 4 rings (SSSR count). The van der Waals surface area contributed by atoms with Crippen LogP contribution in [0.1, 0.15) is 22.9 Å². The average Bonchev–Trinajstić information content (AvgIpc) is 3.43. The molecule has 2 heterocycles. The van der Waals surface area contributed by atoms with Gasteiger partial charge >= 0.3 is 6.03 Å². The molecule has 2 N–H and O–H groups in total. The predicted octanol–water partition coefficient (Wildman–Crippen LogP) is 3.92. The van der Waals surface area contributed by atoms with Crippen LogP contribution in [0.15, 0.2) is 83.7 Å². The number of nitrogens with one attached hydrogen (secondary N) is 2. The maximum atomic E-state index is 12.5. The van der Waals surface area contributed by atoms with Crippen LogP contribution in [0.5, 0.6) is 0 Å². The number of hydrogen-bond donors (Lipinski definition) is 2. The molecule has 6 nitrogen and oxygen atoms in total. The maximum Gasteiger partial charge on any atom is 0.315 e. The lowest BCUT2D eigenvalue weighted by atomic mass is 9.99. The van der Waals surface area contributed by atoms with Gasteiger partial charge in [0.05, 0.1) is 24.5 Å². The largest absolute Gasteiger partial charge is 0.332 e. The van der Waals surface area contributed by atoms with Gasteiger partial charge in [0.25, 0.3) is 0 Å². The molecule has 0 unspecified atom stereocenters. The van der Waals surface area contributed by atoms with Crippen molar-refractivity contribution in [2.75, 3.05) is 0 Å². The minimum Gasteiger partial charge on any atom is -0.332 e. The van der Waals surface area contributed by atoms with Crippen LogP contribution in [0.3, 0.4) is 0 Å². The SMILES string of the molecule is O=C(NCc1cn(-c2ccsc2)nn1)NC(c1ccccc1)c1ccccc1. The summed E-state index contributed by atoms with van der Waals surface area (Å²) in [5.41, 5.74) is 3.69. The minimum atomic E-state index is -0.261. The summed E-state index contributed by atoms with van der Waals surface area (Å²) in [7, 11) is 0. The first-order valence-corrected chi connectivity index (χ1v) is 9.82. The number of carbonyl (C=O) groups excluding carboxylic acids is 1. The number of amides is 2. The molecule has 0 saturated heterocycles. The molecule has 2 amide bonds. The second-order valence-electron chi connectivity index (χ2n) is 6.22. The van der Waals surface area contributed by atoms with Crippen LogP contribution in [-0.4, -0.2) is 21.0 Å². The lowest BCUT2D eigenvalue weighted by molar-refractivity contribution is 0.238. The van der Waals surface area contributed by atoms with Crippen LogP contribution < -0.4 is 10.6 Å². The van der Waals surface area contributed by atoms with E-state index in [1.165, 1.54) is 0 Å². The van der Waals surface area contributed by atoms with Crippen LogP contribution in [0, 0.1) is 0 Å². The molecule has 0 saturated carbocycles. The zero-order valence-electron chi connectivity index (χ0n) is 15.0. The molecule has 28 heavy (non-hydrogen) atoms. The van der Waals surface area contributed by atoms with Gasteiger partial charge in [0.1, 0.15) is 5.69 Å². The van der Waals surface area contributed by atoms with E-state index < -0.39 is 0 Å². The van der Waals surface area contributed by atoms with Gasteiger partial charge in [-0.1, -0.05) is 65.9 Å². The standard InChI is InChI=1S/C21H19N5OS/c27-21(22-13-18-14-26(25-24-18)19-11-12-28-15-19)23-20(16-7-3-1-4-8-16)17-9-5-2-6-10-17/h1-12,14-15,20H,13H2,(H2,22,23,27). The first-order chi connectivity index (χ1) is 13.8. The highest BCUT2D eigenvalue weighted by Gasteiger charge is 2.16. The van der Waals surface area contributed by atoms with Crippen molar-refractivity contribution in [1.82, 2.24) is 25.6 Å². The van der Waals surface area contributed by atoms with Crippen molar-refractivity contribution in [3.8, 4) is 5.69 Å². The summed E-state index contributed by atoms with van der Waals surface area (Å²) in [6.45, 7) is 0.298. The van der Waals surface area contributed by atoms with Crippen molar-refractivity contribution in [2.24, 2.45) is 0 Å². The first kappa shape index (κ1) is 17.9. The van der Waals surface area contributed by atoms with E-state index in [-0.39, 0.29) is 12.1 Å². The summed E-state index contributed by atoms with van der Waals surface area (Å²) in [6, 6.07) is 21.3. The number of nitrogens with zero attached hydrogens (tertiary/aromatic N) is 3. The Bertz CT molecular complexity index is 976. The van der Waals surface area contributed by atoms with Crippen LogP contribution in [0.25, 0.3) is 5.69 Å². The molecular weight excluding hydrogens is 370 g/mol. The zero-order chi connectivity index (χ0) is 19.2. The quantitative estimate of drug-likeness (QED) is 0.525. The summed E-state index contributed by atoms with van der Waals surface area (Å²) >= 11 is 1.60. The number of urea groups is 1. The van der Waals surface area contributed by atoms with Crippen LogP contribution >= 0.6 is 11.3 Å². The number of rotatable bonds is 6. The van der Waals surface area contributed by atoms with E-state index in [1.807, 2.05) is 83.7 Å². The Morgan fingerprint density at radius 1 is 1.00 bits per heavy atom. The molecular formula is C21H19N5OS. The van der Waals surface area contributed by atoms with E-state index in [9.17, 15) is 4.79 Å². The Kier molecular flexibility index (Phi) is 5.44. The summed E-state index contributed by atoms with van der Waals surface area (Å²) in [4.78, 5) is 12.5. The Morgan fingerprint density at radius 2 is 1.68 bits per heavy atom. The molecule has 0 aliphatic rings. The second-order valence-corrected chi connectivity index (χ2v) is 7.00. The lowest BCUT2D eigenvalue weighted by Gasteiger charge is -2.20. The Morgan fingerprint density at radius 3 is 2.29 bits per heavy atom. The van der Waals surface area contributed by atoms with E-state index in [0.29, 0.717) is 12.2 Å². The Hall–Kier alpha value is -3.45.